The molecule has 8 nitrogen and oxygen atoms in total. The van der Waals surface area contributed by atoms with Crippen LogP contribution in [0.4, 0.5) is 5.13 Å². The molecule has 3 aromatic rings. The van der Waals surface area contributed by atoms with E-state index in [9.17, 15) is 14.4 Å². The Morgan fingerprint density at radius 1 is 1.19 bits per heavy atom. The number of carbonyl (C=O) groups is 3. The predicted octanol–water partition coefficient (Wildman–Crippen LogP) is 3.12. The van der Waals surface area contributed by atoms with E-state index >= 15 is 0 Å². The summed E-state index contributed by atoms with van der Waals surface area (Å²) in [5.74, 6) is -0.647. The summed E-state index contributed by atoms with van der Waals surface area (Å²) in [4.78, 5) is 40.6. The highest BCUT2D eigenvalue weighted by Crippen LogP contribution is 2.21. The zero-order chi connectivity index (χ0) is 19.4. The van der Waals surface area contributed by atoms with E-state index in [2.05, 4.69) is 37.1 Å². The molecule has 140 valence electrons. The molecule has 3 N–H and O–H groups in total. The summed E-state index contributed by atoms with van der Waals surface area (Å²) < 4.78 is 5.91. The van der Waals surface area contributed by atoms with Crippen molar-refractivity contribution in [1.82, 2.24) is 15.8 Å². The van der Waals surface area contributed by atoms with Crippen LogP contribution >= 0.6 is 38.6 Å². The average molecular weight is 469 g/mol. The lowest BCUT2D eigenvalue weighted by Gasteiger charge is -2.05. The zero-order valence-electron chi connectivity index (χ0n) is 13.9. The van der Waals surface area contributed by atoms with Gasteiger partial charge >= 0.3 is 0 Å². The monoisotopic (exact) mass is 468 g/mol. The number of nitrogens with zero attached hydrogens (tertiary/aromatic N) is 1. The Morgan fingerprint density at radius 3 is 2.67 bits per heavy atom. The van der Waals surface area contributed by atoms with Crippen molar-refractivity contribution in [3.05, 3.63) is 55.5 Å². The standard InChI is InChI=1S/C16H13BrN4O4S2/c1-8-10(4-5-25-8)14(23)19-16-18-9(7-26-16)6-13(22)20-21-15(24)11-2-3-12(17)27-11/h2-5,7H,6H2,1H3,(H,20,22)(H,21,24)(H,18,19,23). The molecule has 0 saturated carbocycles. The Morgan fingerprint density at radius 2 is 2.00 bits per heavy atom. The number of hydrogen-bond acceptors (Lipinski definition) is 7. The van der Waals surface area contributed by atoms with E-state index in [0.29, 0.717) is 27.0 Å². The van der Waals surface area contributed by atoms with Crippen LogP contribution in [0.15, 0.2) is 38.0 Å². The Kier molecular flexibility index (Phi) is 6.04. The molecule has 3 rings (SSSR count). The molecule has 3 heterocycles. The molecule has 11 heteroatoms. The minimum Gasteiger partial charge on any atom is -0.469 e. The van der Waals surface area contributed by atoms with Gasteiger partial charge in [0.15, 0.2) is 5.13 Å². The third kappa shape index (κ3) is 5.02. The number of aryl methyl sites for hydroxylation is 1. The second kappa shape index (κ2) is 8.46. The molecule has 0 aliphatic rings. The Labute approximate surface area is 170 Å². The molecule has 0 aromatic carbocycles. The number of thiophene rings is 1. The average Bonchev–Trinajstić information content (AvgIpc) is 3.34. The molecule has 0 aliphatic heterocycles. The summed E-state index contributed by atoms with van der Waals surface area (Å²) in [6.45, 7) is 1.69. The number of amides is 3. The van der Waals surface area contributed by atoms with Crippen LogP contribution in [-0.2, 0) is 11.2 Å². The van der Waals surface area contributed by atoms with Gasteiger partial charge in [-0.2, -0.15) is 0 Å². The summed E-state index contributed by atoms with van der Waals surface area (Å²) in [5.41, 5.74) is 5.58. The first kappa shape index (κ1) is 19.3. The van der Waals surface area contributed by atoms with Crippen LogP contribution in [0.5, 0.6) is 0 Å². The van der Waals surface area contributed by atoms with Crippen molar-refractivity contribution in [2.75, 3.05) is 5.32 Å². The lowest BCUT2D eigenvalue weighted by atomic mass is 10.2. The summed E-state index contributed by atoms with van der Waals surface area (Å²) >= 11 is 5.73. The van der Waals surface area contributed by atoms with E-state index in [4.69, 9.17) is 4.42 Å². The number of carbonyl (C=O) groups excluding carboxylic acids is 3. The number of thiazole rings is 1. The molecule has 0 atom stereocenters. The van der Waals surface area contributed by atoms with Gasteiger partial charge < -0.3 is 4.42 Å². The van der Waals surface area contributed by atoms with Crippen LogP contribution in [0.25, 0.3) is 0 Å². The fourth-order valence-electron chi connectivity index (χ4n) is 2.06. The Hall–Kier alpha value is -2.50. The van der Waals surface area contributed by atoms with E-state index < -0.39 is 11.8 Å². The number of halogens is 1. The van der Waals surface area contributed by atoms with Crippen LogP contribution < -0.4 is 16.2 Å². The van der Waals surface area contributed by atoms with Gasteiger partial charge in [0.1, 0.15) is 5.76 Å². The van der Waals surface area contributed by atoms with Crippen LogP contribution in [0, 0.1) is 6.92 Å². The normalized spacial score (nSPS) is 10.4. The topological polar surface area (TPSA) is 113 Å². The first-order valence-corrected chi connectivity index (χ1v) is 10.1. The van der Waals surface area contributed by atoms with Crippen LogP contribution in [-0.4, -0.2) is 22.7 Å². The maximum Gasteiger partial charge on any atom is 0.279 e. The van der Waals surface area contributed by atoms with E-state index in [1.807, 2.05) is 0 Å². The van der Waals surface area contributed by atoms with Crippen molar-refractivity contribution >= 4 is 61.5 Å². The van der Waals surface area contributed by atoms with Gasteiger partial charge in [-0.1, -0.05) is 0 Å². The molecule has 0 bridgehead atoms. The molecular formula is C16H13BrN4O4S2. The molecule has 27 heavy (non-hydrogen) atoms. The minimum absolute atomic E-state index is 0.0362. The molecule has 0 fully saturated rings. The highest BCUT2D eigenvalue weighted by atomic mass is 79.9. The van der Waals surface area contributed by atoms with E-state index in [-0.39, 0.29) is 12.3 Å². The Balaban J connectivity index is 1.50. The van der Waals surface area contributed by atoms with Gasteiger partial charge in [-0.3, -0.25) is 30.6 Å². The number of aromatic nitrogens is 1. The zero-order valence-corrected chi connectivity index (χ0v) is 17.1. The first-order chi connectivity index (χ1) is 12.9. The van der Waals surface area contributed by atoms with Gasteiger partial charge in [0, 0.05) is 5.38 Å². The third-order valence-electron chi connectivity index (χ3n) is 3.33. The summed E-state index contributed by atoms with van der Waals surface area (Å²) in [6, 6.07) is 4.96. The third-order valence-corrected chi connectivity index (χ3v) is 5.76. The highest BCUT2D eigenvalue weighted by Gasteiger charge is 2.15. The second-order valence-electron chi connectivity index (χ2n) is 5.27. The van der Waals surface area contributed by atoms with Gasteiger partial charge in [-0.05, 0) is 41.1 Å². The SMILES string of the molecule is Cc1occc1C(=O)Nc1nc(CC(=O)NNC(=O)c2ccc(Br)s2)cs1. The van der Waals surface area contributed by atoms with Crippen LogP contribution in [0.2, 0.25) is 0 Å². The van der Waals surface area contributed by atoms with Gasteiger partial charge in [0.2, 0.25) is 5.91 Å². The molecule has 3 aromatic heterocycles. The van der Waals surface area contributed by atoms with E-state index in [1.54, 1.807) is 30.5 Å². The largest absolute Gasteiger partial charge is 0.469 e. The van der Waals surface area contributed by atoms with Crippen molar-refractivity contribution in [1.29, 1.82) is 0 Å². The molecular weight excluding hydrogens is 456 g/mol. The van der Waals surface area contributed by atoms with Gasteiger partial charge in [-0.25, -0.2) is 4.98 Å². The van der Waals surface area contributed by atoms with Crippen molar-refractivity contribution in [2.24, 2.45) is 0 Å². The van der Waals surface area contributed by atoms with Crippen molar-refractivity contribution in [3.8, 4) is 0 Å². The molecule has 0 aliphatic carbocycles. The lowest BCUT2D eigenvalue weighted by molar-refractivity contribution is -0.121. The summed E-state index contributed by atoms with van der Waals surface area (Å²) in [5, 5.41) is 4.69. The first-order valence-electron chi connectivity index (χ1n) is 7.56. The van der Waals surface area contributed by atoms with E-state index in [1.165, 1.54) is 28.9 Å². The molecule has 0 spiro atoms. The number of anilines is 1. The van der Waals surface area contributed by atoms with Crippen LogP contribution in [0.3, 0.4) is 0 Å². The molecule has 0 saturated heterocycles. The summed E-state index contributed by atoms with van der Waals surface area (Å²) in [7, 11) is 0. The fourth-order valence-corrected chi connectivity index (χ4v) is 4.05. The Bertz CT molecular complexity index is 994. The molecule has 3 amide bonds. The number of furan rings is 1. The number of hydrogen-bond donors (Lipinski definition) is 3. The maximum absolute atomic E-state index is 12.1. The predicted molar refractivity (Wildman–Crippen MR) is 105 cm³/mol. The highest BCUT2D eigenvalue weighted by molar-refractivity contribution is 9.11. The van der Waals surface area contributed by atoms with Gasteiger partial charge in [0.25, 0.3) is 11.8 Å². The number of nitrogens with one attached hydrogen (secondary N) is 3. The second-order valence-corrected chi connectivity index (χ2v) is 8.59. The van der Waals surface area contributed by atoms with Gasteiger partial charge in [0.05, 0.1) is 32.6 Å². The molecule has 0 radical (unpaired) electrons. The van der Waals surface area contributed by atoms with Crippen molar-refractivity contribution in [2.45, 2.75) is 13.3 Å². The number of hydrazine groups is 1. The van der Waals surface area contributed by atoms with Gasteiger partial charge in [-0.15, -0.1) is 22.7 Å². The summed E-state index contributed by atoms with van der Waals surface area (Å²) in [6.07, 6.45) is 1.40. The van der Waals surface area contributed by atoms with Crippen LogP contribution in [0.1, 0.15) is 31.5 Å². The van der Waals surface area contributed by atoms with E-state index in [0.717, 1.165) is 3.79 Å². The quantitative estimate of drug-likeness (QED) is 0.497. The lowest BCUT2D eigenvalue weighted by Crippen LogP contribution is -2.42. The molecule has 0 unspecified atom stereocenters. The number of rotatable bonds is 5. The van der Waals surface area contributed by atoms with Crippen molar-refractivity contribution < 1.29 is 18.8 Å². The minimum atomic E-state index is -0.423. The maximum atomic E-state index is 12.1. The smallest absolute Gasteiger partial charge is 0.279 e. The fraction of sp³-hybridized carbons (Fsp3) is 0.125. The van der Waals surface area contributed by atoms with Crippen molar-refractivity contribution in [3.63, 3.8) is 0 Å².